The molecule has 18 heavy (non-hydrogen) atoms. The van der Waals surface area contributed by atoms with E-state index in [1.165, 1.54) is 30.2 Å². The number of aliphatic hydroxyl groups is 1. The Labute approximate surface area is 103 Å². The lowest BCUT2D eigenvalue weighted by Gasteiger charge is -2.16. The molecule has 0 aromatic heterocycles. The van der Waals surface area contributed by atoms with E-state index in [-0.39, 0.29) is 30.2 Å². The van der Waals surface area contributed by atoms with Gasteiger partial charge in [0.1, 0.15) is 11.3 Å². The molecule has 6 nitrogen and oxygen atoms in total. The molecule has 1 unspecified atom stereocenters. The number of rotatable bonds is 2. The molecule has 0 radical (unpaired) electrons. The first-order chi connectivity index (χ1) is 8.52. The summed E-state index contributed by atoms with van der Waals surface area (Å²) in [4.78, 5) is 24.2. The first kappa shape index (κ1) is 12.4. The number of anilines is 1. The van der Waals surface area contributed by atoms with Crippen LogP contribution in [-0.4, -0.2) is 41.8 Å². The van der Waals surface area contributed by atoms with Crippen LogP contribution in [0.5, 0.6) is 5.75 Å². The summed E-state index contributed by atoms with van der Waals surface area (Å²) in [6, 6.07) is 4.22. The van der Waals surface area contributed by atoms with Crippen molar-refractivity contribution >= 4 is 17.6 Å². The Morgan fingerprint density at radius 1 is 1.50 bits per heavy atom. The second-order valence-corrected chi connectivity index (χ2v) is 4.06. The van der Waals surface area contributed by atoms with Crippen molar-refractivity contribution in [2.75, 3.05) is 18.6 Å². The Morgan fingerprint density at radius 3 is 2.72 bits per heavy atom. The molecule has 1 heterocycles. The maximum absolute atomic E-state index is 11.6. The van der Waals surface area contributed by atoms with Crippen molar-refractivity contribution in [1.82, 2.24) is 0 Å². The van der Waals surface area contributed by atoms with Gasteiger partial charge < -0.3 is 19.8 Å². The van der Waals surface area contributed by atoms with E-state index in [4.69, 9.17) is 0 Å². The van der Waals surface area contributed by atoms with Gasteiger partial charge in [-0.15, -0.1) is 0 Å². The molecule has 0 bridgehead atoms. The van der Waals surface area contributed by atoms with Crippen molar-refractivity contribution in [3.05, 3.63) is 23.8 Å². The molecule has 1 saturated heterocycles. The monoisotopic (exact) mass is 251 g/mol. The summed E-state index contributed by atoms with van der Waals surface area (Å²) in [5, 5.41) is 19.1. The van der Waals surface area contributed by atoms with Crippen LogP contribution in [0.3, 0.4) is 0 Å². The van der Waals surface area contributed by atoms with Gasteiger partial charge in [0.2, 0.25) is 5.91 Å². The molecule has 6 heteroatoms. The van der Waals surface area contributed by atoms with E-state index in [9.17, 15) is 19.8 Å². The number of phenolic OH excluding ortho intramolecular Hbond substituents is 1. The van der Waals surface area contributed by atoms with E-state index in [1.807, 2.05) is 0 Å². The number of esters is 1. The predicted octanol–water partition coefficient (Wildman–Crippen LogP) is 0.276. The number of ether oxygens (including phenoxy) is 1. The van der Waals surface area contributed by atoms with Crippen LogP contribution in [0.25, 0.3) is 0 Å². The van der Waals surface area contributed by atoms with Gasteiger partial charge >= 0.3 is 5.97 Å². The van der Waals surface area contributed by atoms with Gasteiger partial charge in [-0.2, -0.15) is 0 Å². The van der Waals surface area contributed by atoms with E-state index in [2.05, 4.69) is 4.74 Å². The van der Waals surface area contributed by atoms with Gasteiger partial charge in [-0.05, 0) is 12.1 Å². The summed E-state index contributed by atoms with van der Waals surface area (Å²) in [6.07, 6.45) is -0.626. The molecular weight excluding hydrogens is 238 g/mol. The minimum Gasteiger partial charge on any atom is -0.507 e. The van der Waals surface area contributed by atoms with Gasteiger partial charge in [0.05, 0.1) is 26.2 Å². The van der Waals surface area contributed by atoms with Crippen molar-refractivity contribution in [3.8, 4) is 5.75 Å². The Bertz CT molecular complexity index is 499. The summed E-state index contributed by atoms with van der Waals surface area (Å²) in [6.45, 7) is 0.190. The first-order valence-corrected chi connectivity index (χ1v) is 5.42. The average molecular weight is 251 g/mol. The summed E-state index contributed by atoms with van der Waals surface area (Å²) in [7, 11) is 1.22. The highest BCUT2D eigenvalue weighted by Crippen LogP contribution is 2.28. The Kier molecular flexibility index (Phi) is 3.20. The fourth-order valence-electron chi connectivity index (χ4n) is 1.91. The van der Waals surface area contributed by atoms with E-state index in [0.29, 0.717) is 5.69 Å². The molecule has 2 N–H and O–H groups in total. The number of phenols is 1. The van der Waals surface area contributed by atoms with E-state index >= 15 is 0 Å². The van der Waals surface area contributed by atoms with Crippen LogP contribution in [0.15, 0.2) is 18.2 Å². The molecule has 0 spiro atoms. The van der Waals surface area contributed by atoms with Crippen molar-refractivity contribution in [2.45, 2.75) is 12.5 Å². The molecule has 1 aromatic carbocycles. The van der Waals surface area contributed by atoms with Gasteiger partial charge in [0.25, 0.3) is 0 Å². The summed E-state index contributed by atoms with van der Waals surface area (Å²) < 4.78 is 4.50. The third-order valence-electron chi connectivity index (χ3n) is 2.80. The molecule has 1 fully saturated rings. The van der Waals surface area contributed by atoms with E-state index in [1.54, 1.807) is 0 Å². The molecule has 1 atom stereocenters. The largest absolute Gasteiger partial charge is 0.507 e. The lowest BCUT2D eigenvalue weighted by molar-refractivity contribution is -0.117. The van der Waals surface area contributed by atoms with Crippen LogP contribution in [0.1, 0.15) is 16.8 Å². The predicted molar refractivity (Wildman–Crippen MR) is 62.4 cm³/mol. The number of benzene rings is 1. The Balaban J connectivity index is 2.29. The third-order valence-corrected chi connectivity index (χ3v) is 2.80. The Morgan fingerprint density at radius 2 is 2.22 bits per heavy atom. The van der Waals surface area contributed by atoms with Crippen molar-refractivity contribution in [1.29, 1.82) is 0 Å². The highest BCUT2D eigenvalue weighted by molar-refractivity contribution is 5.98. The number of amides is 1. The van der Waals surface area contributed by atoms with Crippen LogP contribution in [-0.2, 0) is 9.53 Å². The number of carbonyl (C=O) groups is 2. The number of hydrogen-bond donors (Lipinski definition) is 2. The zero-order chi connectivity index (χ0) is 13.3. The Hall–Kier alpha value is -2.08. The average Bonchev–Trinajstić information content (AvgIpc) is 2.67. The van der Waals surface area contributed by atoms with Gasteiger partial charge in [-0.3, -0.25) is 4.79 Å². The minimum absolute atomic E-state index is 0.0356. The standard InChI is InChI=1S/C12H13NO5/c1-18-12(17)9-3-2-7(4-10(9)15)13-6-8(14)5-11(13)16/h2-4,8,14-15H,5-6H2,1H3. The van der Waals surface area contributed by atoms with Gasteiger partial charge in [-0.25, -0.2) is 4.79 Å². The van der Waals surface area contributed by atoms with Crippen LogP contribution >= 0.6 is 0 Å². The number of methoxy groups -OCH3 is 1. The van der Waals surface area contributed by atoms with Crippen LogP contribution in [0.4, 0.5) is 5.69 Å². The molecule has 1 aliphatic rings. The summed E-state index contributed by atoms with van der Waals surface area (Å²) >= 11 is 0. The number of aromatic hydroxyl groups is 1. The molecule has 0 aliphatic carbocycles. The summed E-state index contributed by atoms with van der Waals surface area (Å²) in [5.74, 6) is -1.12. The first-order valence-electron chi connectivity index (χ1n) is 5.42. The highest BCUT2D eigenvalue weighted by atomic mass is 16.5. The molecule has 1 amide bonds. The molecule has 96 valence electrons. The van der Waals surface area contributed by atoms with E-state index in [0.717, 1.165) is 0 Å². The van der Waals surface area contributed by atoms with Crippen LogP contribution in [0.2, 0.25) is 0 Å². The lowest BCUT2D eigenvalue weighted by atomic mass is 10.1. The number of aliphatic hydroxyl groups excluding tert-OH is 1. The van der Waals surface area contributed by atoms with E-state index < -0.39 is 12.1 Å². The zero-order valence-corrected chi connectivity index (χ0v) is 9.79. The zero-order valence-electron chi connectivity index (χ0n) is 9.79. The SMILES string of the molecule is COC(=O)c1ccc(N2CC(O)CC2=O)cc1O. The number of β-amino-alcohol motifs (C(OH)–C–C–N with tert-alkyl or cyclic N) is 1. The van der Waals surface area contributed by atoms with Crippen molar-refractivity contribution in [2.24, 2.45) is 0 Å². The maximum Gasteiger partial charge on any atom is 0.341 e. The molecule has 0 saturated carbocycles. The second kappa shape index (κ2) is 4.66. The van der Waals surface area contributed by atoms with Gasteiger partial charge in [0.15, 0.2) is 0 Å². The molecule has 1 aromatic rings. The maximum atomic E-state index is 11.6. The topological polar surface area (TPSA) is 87.1 Å². The fourth-order valence-corrected chi connectivity index (χ4v) is 1.91. The molecule has 1 aliphatic heterocycles. The molecule has 2 rings (SSSR count). The molecular formula is C12H13NO5. The van der Waals surface area contributed by atoms with Crippen molar-refractivity contribution < 1.29 is 24.5 Å². The highest BCUT2D eigenvalue weighted by Gasteiger charge is 2.29. The minimum atomic E-state index is -0.695. The smallest absolute Gasteiger partial charge is 0.341 e. The van der Waals surface area contributed by atoms with Crippen LogP contribution < -0.4 is 4.90 Å². The number of nitrogens with zero attached hydrogens (tertiary/aromatic N) is 1. The number of hydrogen-bond acceptors (Lipinski definition) is 5. The normalized spacial score (nSPS) is 19.1. The third kappa shape index (κ3) is 2.14. The lowest BCUT2D eigenvalue weighted by Crippen LogP contribution is -2.25. The van der Waals surface area contributed by atoms with Gasteiger partial charge in [-0.1, -0.05) is 0 Å². The van der Waals surface area contributed by atoms with Crippen molar-refractivity contribution in [3.63, 3.8) is 0 Å². The quantitative estimate of drug-likeness (QED) is 0.737. The van der Waals surface area contributed by atoms with Crippen LogP contribution in [0, 0.1) is 0 Å². The fraction of sp³-hybridized carbons (Fsp3) is 0.333. The van der Waals surface area contributed by atoms with Gasteiger partial charge in [0, 0.05) is 11.8 Å². The number of carbonyl (C=O) groups excluding carboxylic acids is 2. The second-order valence-electron chi connectivity index (χ2n) is 4.06. The summed E-state index contributed by atoms with van der Waals surface area (Å²) in [5.41, 5.74) is 0.482.